The standard InChI is InChI=1S/C12H14N2O3/c1-7-4-12(16)17-10-5-8(2-3-9(7)10)14-11(15)6-13/h2-5,12,16H,6,13H2,1H3,(H,14,15). The van der Waals surface area contributed by atoms with Crippen LogP contribution in [0.1, 0.15) is 12.5 Å². The van der Waals surface area contributed by atoms with Crippen LogP contribution in [0.4, 0.5) is 5.69 Å². The van der Waals surface area contributed by atoms with Crippen LogP contribution in [0.25, 0.3) is 5.57 Å². The number of nitrogens with one attached hydrogen (secondary N) is 1. The molecule has 0 radical (unpaired) electrons. The predicted molar refractivity (Wildman–Crippen MR) is 64.4 cm³/mol. The molecule has 1 aliphatic heterocycles. The Kier molecular flexibility index (Phi) is 3.12. The number of hydrogen-bond donors (Lipinski definition) is 3. The SMILES string of the molecule is CC1=CC(O)Oc2cc(NC(=O)CN)ccc21. The molecule has 5 nitrogen and oxygen atoms in total. The molecule has 90 valence electrons. The number of aliphatic hydroxyl groups is 1. The molecule has 0 bridgehead atoms. The minimum atomic E-state index is -0.942. The van der Waals surface area contributed by atoms with E-state index < -0.39 is 6.29 Å². The van der Waals surface area contributed by atoms with Gasteiger partial charge in [0, 0.05) is 17.3 Å². The fourth-order valence-corrected chi connectivity index (χ4v) is 1.70. The van der Waals surface area contributed by atoms with Crippen LogP contribution in [0, 0.1) is 0 Å². The average Bonchev–Trinajstić information content (AvgIpc) is 2.28. The molecular formula is C12H14N2O3. The Bertz CT molecular complexity index is 483. The summed E-state index contributed by atoms with van der Waals surface area (Å²) in [5, 5.41) is 12.1. The summed E-state index contributed by atoms with van der Waals surface area (Å²) in [5.41, 5.74) is 7.65. The molecule has 0 saturated carbocycles. The molecule has 1 atom stereocenters. The number of nitrogens with two attached hydrogens (primary N) is 1. The first-order valence-electron chi connectivity index (χ1n) is 5.27. The molecule has 17 heavy (non-hydrogen) atoms. The molecule has 5 heteroatoms. The number of allylic oxidation sites excluding steroid dienone is 1. The van der Waals surface area contributed by atoms with Gasteiger partial charge in [-0.25, -0.2) is 0 Å². The minimum absolute atomic E-state index is 0.0699. The number of aliphatic hydroxyl groups excluding tert-OH is 1. The molecule has 1 aromatic carbocycles. The molecule has 0 spiro atoms. The highest BCUT2D eigenvalue weighted by Crippen LogP contribution is 2.33. The molecular weight excluding hydrogens is 220 g/mol. The lowest BCUT2D eigenvalue weighted by Gasteiger charge is -2.21. The molecule has 1 aliphatic rings. The first-order valence-corrected chi connectivity index (χ1v) is 5.27. The van der Waals surface area contributed by atoms with Crippen molar-refractivity contribution in [2.45, 2.75) is 13.2 Å². The first-order chi connectivity index (χ1) is 8.10. The van der Waals surface area contributed by atoms with Crippen LogP contribution in [0.15, 0.2) is 24.3 Å². The third-order valence-electron chi connectivity index (χ3n) is 2.52. The van der Waals surface area contributed by atoms with Gasteiger partial charge in [-0.05, 0) is 30.7 Å². The van der Waals surface area contributed by atoms with Gasteiger partial charge in [-0.1, -0.05) is 0 Å². The quantitative estimate of drug-likeness (QED) is 0.703. The molecule has 2 rings (SSSR count). The molecule has 1 amide bonds. The van der Waals surface area contributed by atoms with Gasteiger partial charge in [-0.15, -0.1) is 0 Å². The number of carbonyl (C=O) groups is 1. The summed E-state index contributed by atoms with van der Waals surface area (Å²) in [6, 6.07) is 5.27. The van der Waals surface area contributed by atoms with Gasteiger partial charge >= 0.3 is 0 Å². The van der Waals surface area contributed by atoms with Crippen molar-refractivity contribution in [3.8, 4) is 5.75 Å². The van der Waals surface area contributed by atoms with Crippen molar-refractivity contribution < 1.29 is 14.6 Å². The first kappa shape index (κ1) is 11.6. The second-order valence-electron chi connectivity index (χ2n) is 3.82. The summed E-state index contributed by atoms with van der Waals surface area (Å²) < 4.78 is 5.25. The van der Waals surface area contributed by atoms with Crippen molar-refractivity contribution in [2.24, 2.45) is 5.73 Å². The van der Waals surface area contributed by atoms with E-state index in [-0.39, 0.29) is 12.5 Å². The van der Waals surface area contributed by atoms with E-state index in [1.165, 1.54) is 0 Å². The zero-order valence-corrected chi connectivity index (χ0v) is 9.43. The van der Waals surface area contributed by atoms with E-state index in [1.54, 1.807) is 18.2 Å². The van der Waals surface area contributed by atoms with Crippen LogP contribution in [0.2, 0.25) is 0 Å². The van der Waals surface area contributed by atoms with E-state index >= 15 is 0 Å². The molecule has 0 aliphatic carbocycles. The third-order valence-corrected chi connectivity index (χ3v) is 2.52. The van der Waals surface area contributed by atoms with Gasteiger partial charge in [-0.3, -0.25) is 4.79 Å². The molecule has 1 heterocycles. The topological polar surface area (TPSA) is 84.6 Å². The van der Waals surface area contributed by atoms with Crippen LogP contribution in [-0.2, 0) is 4.79 Å². The lowest BCUT2D eigenvalue weighted by molar-refractivity contribution is -0.114. The van der Waals surface area contributed by atoms with Crippen molar-refractivity contribution in [3.63, 3.8) is 0 Å². The Morgan fingerprint density at radius 3 is 3.06 bits per heavy atom. The zero-order valence-electron chi connectivity index (χ0n) is 9.43. The number of carbonyl (C=O) groups excluding carboxylic acids is 1. The summed E-state index contributed by atoms with van der Waals surface area (Å²) in [6.07, 6.45) is 0.684. The number of fused-ring (bicyclic) bond motifs is 1. The number of amides is 1. The van der Waals surface area contributed by atoms with Crippen molar-refractivity contribution in [3.05, 3.63) is 29.8 Å². The van der Waals surface area contributed by atoms with E-state index in [4.69, 9.17) is 10.5 Å². The number of benzene rings is 1. The summed E-state index contributed by atoms with van der Waals surface area (Å²) in [7, 11) is 0. The lowest BCUT2D eigenvalue weighted by Crippen LogP contribution is -2.22. The highest BCUT2D eigenvalue weighted by atomic mass is 16.6. The minimum Gasteiger partial charge on any atom is -0.461 e. The van der Waals surface area contributed by atoms with E-state index in [9.17, 15) is 9.90 Å². The van der Waals surface area contributed by atoms with E-state index in [0.29, 0.717) is 11.4 Å². The van der Waals surface area contributed by atoms with Gasteiger partial charge in [0.2, 0.25) is 12.2 Å². The van der Waals surface area contributed by atoms with E-state index in [1.807, 2.05) is 13.0 Å². The highest BCUT2D eigenvalue weighted by molar-refractivity contribution is 5.92. The largest absolute Gasteiger partial charge is 0.461 e. The van der Waals surface area contributed by atoms with E-state index in [0.717, 1.165) is 11.1 Å². The van der Waals surface area contributed by atoms with Gasteiger partial charge < -0.3 is 20.9 Å². The maximum absolute atomic E-state index is 11.1. The molecule has 1 unspecified atom stereocenters. The number of ether oxygens (including phenoxy) is 1. The van der Waals surface area contributed by atoms with Crippen molar-refractivity contribution in [2.75, 3.05) is 11.9 Å². The van der Waals surface area contributed by atoms with Gasteiger partial charge in [0.15, 0.2) is 0 Å². The molecule has 0 fully saturated rings. The summed E-state index contributed by atoms with van der Waals surface area (Å²) in [5.74, 6) is 0.279. The van der Waals surface area contributed by atoms with Gasteiger partial charge in [0.05, 0.1) is 6.54 Å². The fraction of sp³-hybridized carbons (Fsp3) is 0.250. The monoisotopic (exact) mass is 234 g/mol. The van der Waals surface area contributed by atoms with Crippen LogP contribution < -0.4 is 15.8 Å². The maximum atomic E-state index is 11.1. The highest BCUT2D eigenvalue weighted by Gasteiger charge is 2.16. The maximum Gasteiger partial charge on any atom is 0.238 e. The number of anilines is 1. The molecule has 0 aromatic heterocycles. The zero-order chi connectivity index (χ0) is 12.4. The Morgan fingerprint density at radius 1 is 1.59 bits per heavy atom. The van der Waals surface area contributed by atoms with Crippen LogP contribution >= 0.6 is 0 Å². The lowest BCUT2D eigenvalue weighted by atomic mass is 10.0. The smallest absolute Gasteiger partial charge is 0.238 e. The van der Waals surface area contributed by atoms with Crippen LogP contribution in [0.5, 0.6) is 5.75 Å². The number of hydrogen-bond acceptors (Lipinski definition) is 4. The van der Waals surface area contributed by atoms with Gasteiger partial charge in [0.1, 0.15) is 5.75 Å². The normalized spacial score (nSPS) is 17.8. The van der Waals surface area contributed by atoms with E-state index in [2.05, 4.69) is 5.32 Å². The van der Waals surface area contributed by atoms with Gasteiger partial charge in [-0.2, -0.15) is 0 Å². The Hall–Kier alpha value is -1.85. The summed E-state index contributed by atoms with van der Waals surface area (Å²) in [4.78, 5) is 11.1. The average molecular weight is 234 g/mol. The predicted octanol–water partition coefficient (Wildman–Crippen LogP) is 0.698. The van der Waals surface area contributed by atoms with Crippen LogP contribution in [-0.4, -0.2) is 23.8 Å². The number of rotatable bonds is 2. The Morgan fingerprint density at radius 2 is 2.35 bits per heavy atom. The Labute approximate surface area is 98.9 Å². The van der Waals surface area contributed by atoms with Crippen molar-refractivity contribution in [1.29, 1.82) is 0 Å². The Balaban J connectivity index is 2.29. The summed E-state index contributed by atoms with van der Waals surface area (Å²) >= 11 is 0. The molecule has 0 saturated heterocycles. The third kappa shape index (κ3) is 2.46. The fourth-order valence-electron chi connectivity index (χ4n) is 1.70. The molecule has 1 aromatic rings. The summed E-state index contributed by atoms with van der Waals surface area (Å²) in [6.45, 7) is 1.82. The second-order valence-corrected chi connectivity index (χ2v) is 3.82. The van der Waals surface area contributed by atoms with Gasteiger partial charge in [0.25, 0.3) is 0 Å². The molecule has 4 N–H and O–H groups in total. The second kappa shape index (κ2) is 4.57. The van der Waals surface area contributed by atoms with Crippen molar-refractivity contribution in [1.82, 2.24) is 0 Å². The van der Waals surface area contributed by atoms with Crippen LogP contribution in [0.3, 0.4) is 0 Å². The van der Waals surface area contributed by atoms with Crippen molar-refractivity contribution >= 4 is 17.2 Å².